The van der Waals surface area contributed by atoms with Crippen LogP contribution in [0.3, 0.4) is 0 Å². The molecule has 0 bridgehead atoms. The van der Waals surface area contributed by atoms with Crippen LogP contribution in [0.1, 0.15) is 26.5 Å². The minimum absolute atomic E-state index is 0.0534. The van der Waals surface area contributed by atoms with Crippen LogP contribution in [0, 0.1) is 0 Å². The van der Waals surface area contributed by atoms with Gasteiger partial charge in [-0.05, 0) is 6.07 Å². The second-order valence-electron chi connectivity index (χ2n) is 5.53. The van der Waals surface area contributed by atoms with Gasteiger partial charge in [-0.15, -0.1) is 0 Å². The van der Waals surface area contributed by atoms with Crippen molar-refractivity contribution in [3.8, 4) is 17.4 Å². The van der Waals surface area contributed by atoms with Crippen molar-refractivity contribution in [1.82, 2.24) is 15.0 Å². The van der Waals surface area contributed by atoms with Gasteiger partial charge >= 0.3 is 0 Å². The first-order chi connectivity index (χ1) is 9.44. The summed E-state index contributed by atoms with van der Waals surface area (Å²) in [5, 5.41) is 3.07. The third-order valence-corrected chi connectivity index (χ3v) is 2.91. The Balaban J connectivity index is 2.55. The van der Waals surface area contributed by atoms with Crippen LogP contribution >= 0.6 is 0 Å². The van der Waals surface area contributed by atoms with E-state index in [1.807, 2.05) is 25.2 Å². The highest BCUT2D eigenvalue weighted by atomic mass is 16.5. The molecule has 2 heterocycles. The second kappa shape index (κ2) is 5.45. The first kappa shape index (κ1) is 14.2. The van der Waals surface area contributed by atoms with Crippen molar-refractivity contribution in [2.75, 3.05) is 19.5 Å². The largest absolute Gasteiger partial charge is 0.481 e. The molecule has 2 rings (SSSR count). The van der Waals surface area contributed by atoms with Gasteiger partial charge in [0.25, 0.3) is 0 Å². The molecule has 0 amide bonds. The number of hydrogen-bond donors (Lipinski definition) is 1. The molecule has 0 fully saturated rings. The minimum atomic E-state index is -0.0534. The fraction of sp³-hybridized carbons (Fsp3) is 0.400. The number of aromatic nitrogens is 3. The summed E-state index contributed by atoms with van der Waals surface area (Å²) in [6.45, 7) is 6.37. The lowest BCUT2D eigenvalue weighted by Crippen LogP contribution is -2.15. The SMILES string of the molecule is CNc1cc(C(C)(C)C)nc(-c2cccc(OC)n2)n1. The van der Waals surface area contributed by atoms with Crippen molar-refractivity contribution in [3.63, 3.8) is 0 Å². The third-order valence-electron chi connectivity index (χ3n) is 2.91. The van der Waals surface area contributed by atoms with Crippen molar-refractivity contribution >= 4 is 5.82 Å². The maximum atomic E-state index is 5.15. The van der Waals surface area contributed by atoms with E-state index in [1.54, 1.807) is 13.2 Å². The molecule has 0 aliphatic carbocycles. The molecule has 0 radical (unpaired) electrons. The highest BCUT2D eigenvalue weighted by Crippen LogP contribution is 2.25. The Kier molecular flexibility index (Phi) is 3.88. The van der Waals surface area contributed by atoms with Crippen LogP contribution in [0.15, 0.2) is 24.3 Å². The van der Waals surface area contributed by atoms with Crippen LogP contribution in [0.2, 0.25) is 0 Å². The van der Waals surface area contributed by atoms with E-state index in [0.29, 0.717) is 17.4 Å². The quantitative estimate of drug-likeness (QED) is 0.931. The van der Waals surface area contributed by atoms with Crippen LogP contribution in [0.25, 0.3) is 11.5 Å². The van der Waals surface area contributed by atoms with Crippen LogP contribution in [-0.2, 0) is 5.41 Å². The average Bonchev–Trinajstić information content (AvgIpc) is 2.46. The first-order valence-electron chi connectivity index (χ1n) is 6.53. The van der Waals surface area contributed by atoms with Gasteiger partial charge in [-0.3, -0.25) is 0 Å². The summed E-state index contributed by atoms with van der Waals surface area (Å²) in [6, 6.07) is 7.52. The topological polar surface area (TPSA) is 59.9 Å². The van der Waals surface area contributed by atoms with E-state index in [2.05, 4.69) is 41.0 Å². The summed E-state index contributed by atoms with van der Waals surface area (Å²) in [6.07, 6.45) is 0. The fourth-order valence-corrected chi connectivity index (χ4v) is 1.73. The molecule has 0 aliphatic rings. The van der Waals surface area contributed by atoms with Gasteiger partial charge in [0.2, 0.25) is 5.88 Å². The molecule has 106 valence electrons. The number of nitrogens with zero attached hydrogens (tertiary/aromatic N) is 3. The molecule has 0 spiro atoms. The predicted octanol–water partition coefficient (Wildman–Crippen LogP) is 2.89. The first-order valence-corrected chi connectivity index (χ1v) is 6.53. The van der Waals surface area contributed by atoms with Gasteiger partial charge in [0.15, 0.2) is 5.82 Å². The lowest BCUT2D eigenvalue weighted by molar-refractivity contribution is 0.398. The van der Waals surface area contributed by atoms with Crippen molar-refractivity contribution < 1.29 is 4.74 Å². The Bertz CT molecular complexity index is 605. The van der Waals surface area contributed by atoms with E-state index >= 15 is 0 Å². The number of methoxy groups -OCH3 is 1. The molecular formula is C15H20N4O. The molecule has 5 nitrogen and oxygen atoms in total. The molecule has 0 saturated carbocycles. The molecule has 0 atom stereocenters. The van der Waals surface area contributed by atoms with Gasteiger partial charge < -0.3 is 10.1 Å². The van der Waals surface area contributed by atoms with E-state index in [0.717, 1.165) is 11.5 Å². The van der Waals surface area contributed by atoms with Gasteiger partial charge in [0, 0.05) is 24.6 Å². The number of ether oxygens (including phenoxy) is 1. The Morgan fingerprint density at radius 1 is 1.10 bits per heavy atom. The average molecular weight is 272 g/mol. The molecule has 2 aromatic heterocycles. The van der Waals surface area contributed by atoms with Crippen LogP contribution in [0.5, 0.6) is 5.88 Å². The highest BCUT2D eigenvalue weighted by Gasteiger charge is 2.18. The van der Waals surface area contributed by atoms with Crippen LogP contribution < -0.4 is 10.1 Å². The number of hydrogen-bond acceptors (Lipinski definition) is 5. The van der Waals surface area contributed by atoms with Crippen molar-refractivity contribution in [2.45, 2.75) is 26.2 Å². The predicted molar refractivity (Wildman–Crippen MR) is 80.1 cm³/mol. The van der Waals surface area contributed by atoms with Gasteiger partial charge in [-0.1, -0.05) is 26.8 Å². The summed E-state index contributed by atoms with van der Waals surface area (Å²) in [5.41, 5.74) is 1.62. The molecule has 0 unspecified atom stereocenters. The summed E-state index contributed by atoms with van der Waals surface area (Å²) in [7, 11) is 3.44. The number of pyridine rings is 1. The van der Waals surface area contributed by atoms with E-state index in [-0.39, 0.29) is 5.41 Å². The van der Waals surface area contributed by atoms with Crippen molar-refractivity contribution in [3.05, 3.63) is 30.0 Å². The molecule has 0 aromatic carbocycles. The maximum Gasteiger partial charge on any atom is 0.213 e. The van der Waals surface area contributed by atoms with Crippen LogP contribution in [-0.4, -0.2) is 29.1 Å². The van der Waals surface area contributed by atoms with E-state index in [9.17, 15) is 0 Å². The zero-order valence-electron chi connectivity index (χ0n) is 12.6. The third kappa shape index (κ3) is 3.04. The summed E-state index contributed by atoms with van der Waals surface area (Å²) >= 11 is 0. The van der Waals surface area contributed by atoms with Crippen molar-refractivity contribution in [2.24, 2.45) is 0 Å². The second-order valence-corrected chi connectivity index (χ2v) is 5.53. The molecule has 1 N–H and O–H groups in total. The molecule has 0 saturated heterocycles. The Labute approximate surface area is 119 Å². The van der Waals surface area contributed by atoms with Gasteiger partial charge in [-0.25, -0.2) is 15.0 Å². The Hall–Kier alpha value is -2.17. The zero-order chi connectivity index (χ0) is 14.8. The zero-order valence-corrected chi connectivity index (χ0v) is 12.6. The summed E-state index contributed by atoms with van der Waals surface area (Å²) in [4.78, 5) is 13.5. The monoisotopic (exact) mass is 272 g/mol. The van der Waals surface area contributed by atoms with Gasteiger partial charge in [0.05, 0.1) is 12.8 Å². The van der Waals surface area contributed by atoms with E-state index in [4.69, 9.17) is 4.74 Å². The molecule has 0 aliphatic heterocycles. The number of anilines is 1. The molecule has 20 heavy (non-hydrogen) atoms. The smallest absolute Gasteiger partial charge is 0.213 e. The minimum Gasteiger partial charge on any atom is -0.481 e. The lowest BCUT2D eigenvalue weighted by atomic mass is 9.92. The van der Waals surface area contributed by atoms with Gasteiger partial charge in [0.1, 0.15) is 11.5 Å². The van der Waals surface area contributed by atoms with E-state index in [1.165, 1.54) is 0 Å². The Morgan fingerprint density at radius 2 is 1.85 bits per heavy atom. The Morgan fingerprint density at radius 3 is 2.45 bits per heavy atom. The summed E-state index contributed by atoms with van der Waals surface area (Å²) < 4.78 is 5.15. The molecular weight excluding hydrogens is 252 g/mol. The molecule has 2 aromatic rings. The van der Waals surface area contributed by atoms with Crippen molar-refractivity contribution in [1.29, 1.82) is 0 Å². The maximum absolute atomic E-state index is 5.15. The van der Waals surface area contributed by atoms with Gasteiger partial charge in [-0.2, -0.15) is 0 Å². The number of rotatable bonds is 3. The highest BCUT2D eigenvalue weighted by molar-refractivity contribution is 5.54. The van der Waals surface area contributed by atoms with Crippen LogP contribution in [0.4, 0.5) is 5.82 Å². The summed E-state index contributed by atoms with van der Waals surface area (Å²) in [5.74, 6) is 1.93. The van der Waals surface area contributed by atoms with E-state index < -0.39 is 0 Å². The normalized spacial score (nSPS) is 11.2. The lowest BCUT2D eigenvalue weighted by Gasteiger charge is -2.19. The standard InChI is InChI=1S/C15H20N4O/c1-15(2,3)11-9-12(16-4)19-14(18-11)10-7-6-8-13(17-10)20-5/h6-9H,1-5H3,(H,16,18,19). The molecule has 5 heteroatoms. The fourth-order valence-electron chi connectivity index (χ4n) is 1.73. The number of nitrogens with one attached hydrogen (secondary N) is 1.